The Morgan fingerprint density at radius 3 is 2.74 bits per heavy atom. The lowest BCUT2D eigenvalue weighted by atomic mass is 10.2. The third-order valence-electron chi connectivity index (χ3n) is 4.53. The lowest BCUT2D eigenvalue weighted by molar-refractivity contribution is 0.113. The summed E-state index contributed by atoms with van der Waals surface area (Å²) in [6.07, 6.45) is 2.60. The number of piperazine rings is 1. The van der Waals surface area contributed by atoms with Crippen LogP contribution in [0.15, 0.2) is 29.3 Å². The molecule has 2 aliphatic rings. The van der Waals surface area contributed by atoms with Gasteiger partial charge in [0.15, 0.2) is 5.96 Å². The van der Waals surface area contributed by atoms with E-state index in [4.69, 9.17) is 4.74 Å². The molecule has 0 aliphatic carbocycles. The summed E-state index contributed by atoms with van der Waals surface area (Å²) < 4.78 is 5.65. The molecule has 0 spiro atoms. The van der Waals surface area contributed by atoms with Gasteiger partial charge >= 0.3 is 0 Å². The summed E-state index contributed by atoms with van der Waals surface area (Å²) in [5.74, 6) is 1.29. The number of aliphatic imine (C=N–C) groups is 1. The Bertz CT molecular complexity index is 535. The number of phenolic OH excluding ortho intramolecular Hbond substituents is 1. The Morgan fingerprint density at radius 2 is 2.09 bits per heavy atom. The first kappa shape index (κ1) is 15.9. The third-order valence-corrected chi connectivity index (χ3v) is 4.53. The molecule has 6 heteroatoms. The van der Waals surface area contributed by atoms with Crippen LogP contribution in [0, 0.1) is 0 Å². The van der Waals surface area contributed by atoms with Crippen LogP contribution in [0.25, 0.3) is 0 Å². The summed E-state index contributed by atoms with van der Waals surface area (Å²) in [5, 5.41) is 13.4. The second-order valence-electron chi connectivity index (χ2n) is 6.03. The number of nitrogens with one attached hydrogen (secondary N) is 1. The highest BCUT2D eigenvalue weighted by Crippen LogP contribution is 2.27. The van der Waals surface area contributed by atoms with Gasteiger partial charge in [-0.05, 0) is 25.0 Å². The molecule has 2 heterocycles. The van der Waals surface area contributed by atoms with Crippen molar-refractivity contribution >= 4 is 11.6 Å². The first-order valence-electron chi connectivity index (χ1n) is 8.38. The smallest absolute Gasteiger partial charge is 0.193 e. The normalized spacial score (nSPS) is 22.5. The van der Waals surface area contributed by atoms with Gasteiger partial charge in [-0.15, -0.1) is 0 Å². The lowest BCUT2D eigenvalue weighted by Gasteiger charge is -2.38. The van der Waals surface area contributed by atoms with Gasteiger partial charge in [-0.2, -0.15) is 0 Å². The average molecular weight is 318 g/mol. The molecule has 23 heavy (non-hydrogen) atoms. The van der Waals surface area contributed by atoms with Crippen molar-refractivity contribution in [3.8, 4) is 5.75 Å². The second-order valence-corrected chi connectivity index (χ2v) is 6.03. The molecule has 0 saturated carbocycles. The van der Waals surface area contributed by atoms with Crippen LogP contribution in [-0.2, 0) is 4.74 Å². The number of guanidine groups is 1. The summed E-state index contributed by atoms with van der Waals surface area (Å²) in [5.41, 5.74) is 0.912. The summed E-state index contributed by atoms with van der Waals surface area (Å²) in [7, 11) is 1.83. The quantitative estimate of drug-likeness (QED) is 0.649. The van der Waals surface area contributed by atoms with Crippen LogP contribution in [-0.4, -0.2) is 68.4 Å². The number of phenols is 1. The molecule has 1 atom stereocenters. The Morgan fingerprint density at radius 1 is 1.30 bits per heavy atom. The Kier molecular flexibility index (Phi) is 5.23. The number of anilines is 1. The number of nitrogens with zero attached hydrogens (tertiary/aromatic N) is 3. The maximum atomic E-state index is 9.98. The fourth-order valence-electron chi connectivity index (χ4n) is 3.23. The van der Waals surface area contributed by atoms with Crippen LogP contribution < -0.4 is 10.2 Å². The molecule has 0 bridgehead atoms. The highest BCUT2D eigenvalue weighted by molar-refractivity contribution is 5.80. The maximum absolute atomic E-state index is 9.98. The van der Waals surface area contributed by atoms with E-state index in [9.17, 15) is 5.11 Å². The Labute approximate surface area is 137 Å². The van der Waals surface area contributed by atoms with E-state index in [2.05, 4.69) is 20.1 Å². The Hall–Kier alpha value is -1.95. The zero-order valence-electron chi connectivity index (χ0n) is 13.7. The fraction of sp³-hybridized carbons (Fsp3) is 0.588. The van der Waals surface area contributed by atoms with Gasteiger partial charge in [0.1, 0.15) is 5.75 Å². The minimum atomic E-state index is 0.314. The van der Waals surface area contributed by atoms with Crippen molar-refractivity contribution in [2.75, 3.05) is 51.3 Å². The van der Waals surface area contributed by atoms with Crippen molar-refractivity contribution < 1.29 is 9.84 Å². The summed E-state index contributed by atoms with van der Waals surface area (Å²) in [6, 6.07) is 7.52. The lowest BCUT2D eigenvalue weighted by Crippen LogP contribution is -2.53. The van der Waals surface area contributed by atoms with E-state index in [1.54, 1.807) is 6.07 Å². The summed E-state index contributed by atoms with van der Waals surface area (Å²) >= 11 is 0. The molecule has 1 aromatic rings. The van der Waals surface area contributed by atoms with Crippen LogP contribution in [0.2, 0.25) is 0 Å². The van der Waals surface area contributed by atoms with Crippen molar-refractivity contribution in [3.63, 3.8) is 0 Å². The number of para-hydroxylation sites is 2. The molecule has 1 aromatic carbocycles. The van der Waals surface area contributed by atoms with Crippen LogP contribution in [0.4, 0.5) is 5.69 Å². The molecule has 0 amide bonds. The third kappa shape index (κ3) is 3.88. The SMILES string of the molecule is CN=C(NCC1CCCO1)N1CCN(c2ccccc2O)CC1. The van der Waals surface area contributed by atoms with E-state index in [1.807, 2.05) is 25.2 Å². The molecule has 126 valence electrons. The number of ether oxygens (including phenoxy) is 1. The van der Waals surface area contributed by atoms with Gasteiger partial charge < -0.3 is 25.0 Å². The van der Waals surface area contributed by atoms with Gasteiger partial charge in [0.05, 0.1) is 11.8 Å². The molecule has 2 saturated heterocycles. The zero-order chi connectivity index (χ0) is 16.1. The van der Waals surface area contributed by atoms with E-state index in [0.29, 0.717) is 11.9 Å². The Balaban J connectivity index is 1.52. The molecule has 1 unspecified atom stereocenters. The highest BCUT2D eigenvalue weighted by atomic mass is 16.5. The number of aromatic hydroxyl groups is 1. The molecule has 0 aromatic heterocycles. The van der Waals surface area contributed by atoms with Crippen LogP contribution in [0.3, 0.4) is 0 Å². The summed E-state index contributed by atoms with van der Waals surface area (Å²) in [6.45, 7) is 5.23. The van der Waals surface area contributed by atoms with Gasteiger partial charge in [-0.25, -0.2) is 0 Å². The molecular weight excluding hydrogens is 292 g/mol. The monoisotopic (exact) mass is 318 g/mol. The molecule has 0 radical (unpaired) electrons. The molecule has 2 N–H and O–H groups in total. The topological polar surface area (TPSA) is 60.3 Å². The molecular formula is C17H26N4O2. The van der Waals surface area contributed by atoms with Crippen molar-refractivity contribution in [1.29, 1.82) is 0 Å². The molecule has 3 rings (SSSR count). The van der Waals surface area contributed by atoms with Crippen LogP contribution >= 0.6 is 0 Å². The highest BCUT2D eigenvalue weighted by Gasteiger charge is 2.22. The first-order chi connectivity index (χ1) is 11.3. The minimum absolute atomic E-state index is 0.314. The van der Waals surface area contributed by atoms with Gasteiger partial charge in [0, 0.05) is 46.4 Å². The maximum Gasteiger partial charge on any atom is 0.193 e. The predicted octanol–water partition coefficient (Wildman–Crippen LogP) is 1.27. The van der Waals surface area contributed by atoms with Gasteiger partial charge in [0.25, 0.3) is 0 Å². The van der Waals surface area contributed by atoms with Crippen molar-refractivity contribution in [1.82, 2.24) is 10.2 Å². The van der Waals surface area contributed by atoms with E-state index in [1.165, 1.54) is 0 Å². The molecule has 6 nitrogen and oxygen atoms in total. The second kappa shape index (κ2) is 7.55. The number of hydrogen-bond acceptors (Lipinski definition) is 4. The standard InChI is InChI=1S/C17H26N4O2/c1-18-17(19-13-14-5-4-12-23-14)21-10-8-20(9-11-21)15-6-2-3-7-16(15)22/h2-3,6-7,14,22H,4-5,8-13H2,1H3,(H,18,19). The van der Waals surface area contributed by atoms with Crippen molar-refractivity contribution in [2.45, 2.75) is 18.9 Å². The predicted molar refractivity (Wildman–Crippen MR) is 92.2 cm³/mol. The largest absolute Gasteiger partial charge is 0.506 e. The van der Waals surface area contributed by atoms with Crippen molar-refractivity contribution in [3.05, 3.63) is 24.3 Å². The summed E-state index contributed by atoms with van der Waals surface area (Å²) in [4.78, 5) is 8.89. The number of hydrogen-bond donors (Lipinski definition) is 2. The van der Waals surface area contributed by atoms with Gasteiger partial charge in [0.2, 0.25) is 0 Å². The number of rotatable bonds is 3. The fourth-order valence-corrected chi connectivity index (χ4v) is 3.23. The van der Waals surface area contributed by atoms with Crippen LogP contribution in [0.5, 0.6) is 5.75 Å². The number of benzene rings is 1. The average Bonchev–Trinajstić information content (AvgIpc) is 3.10. The minimum Gasteiger partial charge on any atom is -0.506 e. The first-order valence-corrected chi connectivity index (χ1v) is 8.38. The van der Waals surface area contributed by atoms with Gasteiger partial charge in [-0.3, -0.25) is 4.99 Å². The van der Waals surface area contributed by atoms with Crippen LogP contribution in [0.1, 0.15) is 12.8 Å². The van der Waals surface area contributed by atoms with Gasteiger partial charge in [-0.1, -0.05) is 12.1 Å². The van der Waals surface area contributed by atoms with E-state index in [-0.39, 0.29) is 0 Å². The molecule has 2 aliphatic heterocycles. The van der Waals surface area contributed by atoms with Crippen molar-refractivity contribution in [2.24, 2.45) is 4.99 Å². The van der Waals surface area contributed by atoms with E-state index in [0.717, 1.165) is 63.8 Å². The van der Waals surface area contributed by atoms with E-state index >= 15 is 0 Å². The zero-order valence-corrected chi connectivity index (χ0v) is 13.7. The molecule has 2 fully saturated rings. The van der Waals surface area contributed by atoms with E-state index < -0.39 is 0 Å².